The Balaban J connectivity index is 1.82. The molecule has 2 aliphatic rings. The van der Waals surface area contributed by atoms with Gasteiger partial charge in [-0.2, -0.15) is 0 Å². The number of carbonyl (C=O) groups excluding carboxylic acids is 2. The van der Waals surface area contributed by atoms with E-state index in [9.17, 15) is 9.59 Å². The Morgan fingerprint density at radius 1 is 1.19 bits per heavy atom. The number of benzene rings is 1. The summed E-state index contributed by atoms with van der Waals surface area (Å²) in [5.74, 6) is 1.50. The second-order valence-corrected chi connectivity index (χ2v) is 7.30. The molecule has 0 radical (unpaired) electrons. The van der Waals surface area contributed by atoms with Crippen molar-refractivity contribution in [3.05, 3.63) is 36.4 Å². The number of likely N-dealkylation sites (tertiary alicyclic amines) is 1. The number of carbonyl (C=O) groups is 2. The van der Waals surface area contributed by atoms with Crippen molar-refractivity contribution in [2.45, 2.75) is 25.2 Å². The molecule has 6 heteroatoms. The van der Waals surface area contributed by atoms with Gasteiger partial charge >= 0.3 is 0 Å². The predicted octanol–water partition coefficient (Wildman–Crippen LogP) is 2.35. The zero-order valence-electron chi connectivity index (χ0n) is 16.1. The lowest BCUT2D eigenvalue weighted by molar-refractivity contribution is -0.137. The maximum absolute atomic E-state index is 12.7. The molecule has 1 aliphatic heterocycles. The summed E-state index contributed by atoms with van der Waals surface area (Å²) in [4.78, 5) is 27.1. The van der Waals surface area contributed by atoms with Crippen LogP contribution in [0.1, 0.15) is 30.7 Å². The molecule has 0 unspecified atom stereocenters. The highest BCUT2D eigenvalue weighted by Crippen LogP contribution is 2.38. The molecule has 2 fully saturated rings. The summed E-state index contributed by atoms with van der Waals surface area (Å²) in [5.41, 5.74) is 1.06. The van der Waals surface area contributed by atoms with Gasteiger partial charge in [0, 0.05) is 31.5 Å². The lowest BCUT2D eigenvalue weighted by Gasteiger charge is -2.37. The summed E-state index contributed by atoms with van der Waals surface area (Å²) in [6, 6.07) is 5.83. The van der Waals surface area contributed by atoms with E-state index in [1.54, 1.807) is 20.3 Å². The smallest absolute Gasteiger partial charge is 0.225 e. The molecule has 1 aromatic rings. The van der Waals surface area contributed by atoms with Crippen LogP contribution in [0.15, 0.2) is 30.9 Å². The van der Waals surface area contributed by atoms with Gasteiger partial charge in [0.05, 0.1) is 20.1 Å². The number of methoxy groups -OCH3 is 2. The fourth-order valence-electron chi connectivity index (χ4n) is 3.72. The maximum Gasteiger partial charge on any atom is 0.225 e. The van der Waals surface area contributed by atoms with Gasteiger partial charge in [0.2, 0.25) is 11.8 Å². The molecule has 3 rings (SSSR count). The van der Waals surface area contributed by atoms with Gasteiger partial charge < -0.3 is 19.7 Å². The first-order valence-corrected chi connectivity index (χ1v) is 9.46. The van der Waals surface area contributed by atoms with Gasteiger partial charge in [-0.1, -0.05) is 12.1 Å². The van der Waals surface area contributed by atoms with Crippen LogP contribution in [0.3, 0.4) is 0 Å². The predicted molar refractivity (Wildman–Crippen MR) is 103 cm³/mol. The third kappa shape index (κ3) is 4.43. The third-order valence-electron chi connectivity index (χ3n) is 5.36. The van der Waals surface area contributed by atoms with Gasteiger partial charge in [-0.05, 0) is 37.0 Å². The first kappa shape index (κ1) is 19.3. The minimum Gasteiger partial charge on any atom is -0.493 e. The number of piperidine rings is 1. The summed E-state index contributed by atoms with van der Waals surface area (Å²) in [5, 5.41) is 2.88. The quantitative estimate of drug-likeness (QED) is 0.746. The Labute approximate surface area is 160 Å². The molecule has 0 spiro atoms. The Morgan fingerprint density at radius 3 is 2.56 bits per heavy atom. The molecular formula is C21H28N2O4. The second kappa shape index (κ2) is 8.46. The number of ether oxygens (including phenoxy) is 2. The average Bonchev–Trinajstić information content (AvgIpc) is 3.55. The van der Waals surface area contributed by atoms with E-state index in [0.29, 0.717) is 37.6 Å². The zero-order chi connectivity index (χ0) is 19.4. The molecule has 2 amide bonds. The summed E-state index contributed by atoms with van der Waals surface area (Å²) < 4.78 is 10.7. The standard InChI is InChI=1S/C21H28N2O4/c1-4-9-22-20(24)17-10-16(12-23(13-17)21(25)14-5-6-14)15-7-8-18(26-2)19(11-15)27-3/h4,7-8,11,14,16-17H,1,5-6,9-10,12-13H2,2-3H3,(H,22,24)/t16-,17-/m0/s1. The van der Waals surface area contributed by atoms with Crippen molar-refractivity contribution in [1.29, 1.82) is 0 Å². The van der Waals surface area contributed by atoms with Crippen molar-refractivity contribution < 1.29 is 19.1 Å². The molecule has 1 aromatic carbocycles. The normalized spacial score (nSPS) is 22.1. The average molecular weight is 372 g/mol. The van der Waals surface area contributed by atoms with E-state index in [0.717, 1.165) is 18.4 Å². The molecule has 146 valence electrons. The van der Waals surface area contributed by atoms with Gasteiger partial charge in [-0.3, -0.25) is 9.59 Å². The van der Waals surface area contributed by atoms with Gasteiger partial charge in [0.25, 0.3) is 0 Å². The van der Waals surface area contributed by atoms with Gasteiger partial charge in [0.15, 0.2) is 11.5 Å². The van der Waals surface area contributed by atoms with E-state index in [1.807, 2.05) is 23.1 Å². The van der Waals surface area contributed by atoms with Crippen LogP contribution in [0.2, 0.25) is 0 Å². The van der Waals surface area contributed by atoms with E-state index in [-0.39, 0.29) is 29.6 Å². The first-order valence-electron chi connectivity index (χ1n) is 9.46. The van der Waals surface area contributed by atoms with E-state index in [1.165, 1.54) is 0 Å². The van der Waals surface area contributed by atoms with Crippen LogP contribution in [0, 0.1) is 11.8 Å². The Morgan fingerprint density at radius 2 is 1.93 bits per heavy atom. The van der Waals surface area contributed by atoms with Crippen molar-refractivity contribution in [2.24, 2.45) is 11.8 Å². The number of hydrogen-bond donors (Lipinski definition) is 1. The Bertz CT molecular complexity index is 714. The van der Waals surface area contributed by atoms with Crippen molar-refractivity contribution in [3.8, 4) is 11.5 Å². The lowest BCUT2D eigenvalue weighted by Crippen LogP contribution is -2.48. The minimum atomic E-state index is -0.223. The van der Waals surface area contributed by atoms with Gasteiger partial charge in [-0.25, -0.2) is 0 Å². The topological polar surface area (TPSA) is 67.9 Å². The second-order valence-electron chi connectivity index (χ2n) is 7.30. The fourth-order valence-corrected chi connectivity index (χ4v) is 3.72. The van der Waals surface area contributed by atoms with Crippen molar-refractivity contribution in [2.75, 3.05) is 33.9 Å². The van der Waals surface area contributed by atoms with Crippen LogP contribution in [0.5, 0.6) is 11.5 Å². The monoisotopic (exact) mass is 372 g/mol. The van der Waals surface area contributed by atoms with E-state index in [2.05, 4.69) is 11.9 Å². The van der Waals surface area contributed by atoms with Crippen molar-refractivity contribution in [3.63, 3.8) is 0 Å². The maximum atomic E-state index is 12.7. The van der Waals surface area contributed by atoms with Crippen molar-refractivity contribution >= 4 is 11.8 Å². The molecule has 1 saturated heterocycles. The highest BCUT2D eigenvalue weighted by molar-refractivity contribution is 5.84. The molecule has 1 aliphatic carbocycles. The largest absolute Gasteiger partial charge is 0.493 e. The summed E-state index contributed by atoms with van der Waals surface area (Å²) in [6.07, 6.45) is 4.29. The fraction of sp³-hybridized carbons (Fsp3) is 0.524. The van der Waals surface area contributed by atoms with E-state index < -0.39 is 0 Å². The number of nitrogens with zero attached hydrogens (tertiary/aromatic N) is 1. The first-order chi connectivity index (χ1) is 13.1. The molecular weight excluding hydrogens is 344 g/mol. The minimum absolute atomic E-state index is 0.0197. The molecule has 6 nitrogen and oxygen atoms in total. The lowest BCUT2D eigenvalue weighted by atomic mass is 9.83. The number of nitrogens with one attached hydrogen (secondary N) is 1. The van der Waals surface area contributed by atoms with Crippen LogP contribution in [-0.4, -0.2) is 50.6 Å². The summed E-state index contributed by atoms with van der Waals surface area (Å²) >= 11 is 0. The molecule has 1 N–H and O–H groups in total. The number of amides is 2. The highest BCUT2D eigenvalue weighted by Gasteiger charge is 2.39. The van der Waals surface area contributed by atoms with Crippen LogP contribution in [0.4, 0.5) is 0 Å². The van der Waals surface area contributed by atoms with Crippen molar-refractivity contribution in [1.82, 2.24) is 10.2 Å². The molecule has 0 aromatic heterocycles. The van der Waals surface area contributed by atoms with Crippen LogP contribution >= 0.6 is 0 Å². The SMILES string of the molecule is C=CCNC(=O)[C@H]1C[C@H](c2ccc(OC)c(OC)c2)CN(C(=O)C2CC2)C1. The molecule has 1 saturated carbocycles. The molecule has 1 heterocycles. The van der Waals surface area contributed by atoms with Crippen LogP contribution < -0.4 is 14.8 Å². The number of rotatable bonds is 7. The molecule has 0 bridgehead atoms. The van der Waals surface area contributed by atoms with Gasteiger partial charge in [-0.15, -0.1) is 6.58 Å². The van der Waals surface area contributed by atoms with E-state index in [4.69, 9.17) is 9.47 Å². The molecule has 2 atom stereocenters. The zero-order valence-corrected chi connectivity index (χ0v) is 16.1. The Hall–Kier alpha value is -2.50. The number of hydrogen-bond acceptors (Lipinski definition) is 4. The van der Waals surface area contributed by atoms with E-state index >= 15 is 0 Å². The highest BCUT2D eigenvalue weighted by atomic mass is 16.5. The summed E-state index contributed by atoms with van der Waals surface area (Å²) in [6.45, 7) is 5.21. The summed E-state index contributed by atoms with van der Waals surface area (Å²) in [7, 11) is 3.21. The van der Waals surface area contributed by atoms with Crippen LogP contribution in [0.25, 0.3) is 0 Å². The molecule has 27 heavy (non-hydrogen) atoms. The van der Waals surface area contributed by atoms with Gasteiger partial charge in [0.1, 0.15) is 0 Å². The van der Waals surface area contributed by atoms with Crippen LogP contribution in [-0.2, 0) is 9.59 Å². The third-order valence-corrected chi connectivity index (χ3v) is 5.36. The Kier molecular flexibility index (Phi) is 6.04.